The number of nitrogens with one attached hydrogen (secondary N) is 1. The summed E-state index contributed by atoms with van der Waals surface area (Å²) in [5.74, 6) is -0.130. The molecule has 92 valence electrons. The average Bonchev–Trinajstić information content (AvgIpc) is 2.31. The average molecular weight is 252 g/mol. The Labute approximate surface area is 106 Å². The minimum absolute atomic E-state index is 0.132. The smallest absolute Gasteiger partial charge is 0.257 e. The minimum atomic E-state index is -0.262. The Balaban J connectivity index is 2.66. The largest absolute Gasteiger partial charge is 0.508 e. The van der Waals surface area contributed by atoms with Gasteiger partial charge in [-0.15, -0.1) is 0 Å². The molecule has 4 nitrogen and oxygen atoms in total. The van der Waals surface area contributed by atoms with Gasteiger partial charge in [0.1, 0.15) is 5.75 Å². The van der Waals surface area contributed by atoms with Crippen molar-refractivity contribution in [2.75, 3.05) is 13.1 Å². The molecular weight excluding hydrogens is 236 g/mol. The second kappa shape index (κ2) is 6.20. The van der Waals surface area contributed by atoms with Crippen LogP contribution < -0.4 is 5.32 Å². The Morgan fingerprint density at radius 2 is 1.82 bits per heavy atom. The van der Waals surface area contributed by atoms with E-state index in [4.69, 9.17) is 17.3 Å². The maximum absolute atomic E-state index is 11.8. The number of phenolic OH excluding ortho intramolecular Hbond substituents is 1. The monoisotopic (exact) mass is 252 g/mol. The first-order valence-electron chi connectivity index (χ1n) is 5.47. The van der Waals surface area contributed by atoms with E-state index in [9.17, 15) is 4.79 Å². The number of nitrogens with zero attached hydrogens (tertiary/aromatic N) is 1. The molecule has 17 heavy (non-hydrogen) atoms. The van der Waals surface area contributed by atoms with Crippen LogP contribution in [0.3, 0.4) is 0 Å². The van der Waals surface area contributed by atoms with Crippen LogP contribution in [0.25, 0.3) is 0 Å². The van der Waals surface area contributed by atoms with Crippen molar-refractivity contribution in [2.24, 2.45) is 0 Å². The number of rotatable bonds is 3. The molecular formula is C12H16N2O2S. The van der Waals surface area contributed by atoms with Crippen LogP contribution >= 0.6 is 12.2 Å². The summed E-state index contributed by atoms with van der Waals surface area (Å²) in [4.78, 5) is 13.7. The Bertz CT molecular complexity index is 399. The molecule has 0 bridgehead atoms. The summed E-state index contributed by atoms with van der Waals surface area (Å²) in [6.45, 7) is 5.46. The van der Waals surface area contributed by atoms with Gasteiger partial charge >= 0.3 is 0 Å². The zero-order valence-electron chi connectivity index (χ0n) is 9.93. The van der Waals surface area contributed by atoms with Crippen molar-refractivity contribution < 1.29 is 9.90 Å². The first-order valence-corrected chi connectivity index (χ1v) is 5.88. The van der Waals surface area contributed by atoms with Gasteiger partial charge in [0.25, 0.3) is 5.91 Å². The summed E-state index contributed by atoms with van der Waals surface area (Å²) >= 11 is 5.12. The lowest BCUT2D eigenvalue weighted by atomic mass is 10.2. The number of hydrogen-bond acceptors (Lipinski definition) is 3. The highest BCUT2D eigenvalue weighted by atomic mass is 32.1. The van der Waals surface area contributed by atoms with Crippen molar-refractivity contribution in [3.05, 3.63) is 29.8 Å². The Kier molecular flexibility index (Phi) is 4.90. The molecule has 0 radical (unpaired) electrons. The molecule has 5 heteroatoms. The number of phenols is 1. The van der Waals surface area contributed by atoms with Crippen LogP contribution in [0.1, 0.15) is 24.2 Å². The molecule has 0 unspecified atom stereocenters. The predicted molar refractivity (Wildman–Crippen MR) is 71.1 cm³/mol. The maximum Gasteiger partial charge on any atom is 0.257 e. The summed E-state index contributed by atoms with van der Waals surface area (Å²) in [6, 6.07) is 6.04. The number of carbonyl (C=O) groups is 1. The molecule has 0 saturated heterocycles. The van der Waals surface area contributed by atoms with E-state index in [0.29, 0.717) is 10.7 Å². The Morgan fingerprint density at radius 3 is 2.29 bits per heavy atom. The molecule has 1 aromatic rings. The van der Waals surface area contributed by atoms with Crippen LogP contribution in [0.4, 0.5) is 0 Å². The lowest BCUT2D eigenvalue weighted by Gasteiger charge is -2.21. The van der Waals surface area contributed by atoms with Crippen LogP contribution in [0.15, 0.2) is 24.3 Å². The summed E-state index contributed by atoms with van der Waals surface area (Å²) in [6.07, 6.45) is 0. The SMILES string of the molecule is CCN(CC)C(=S)NC(=O)c1ccc(O)cc1. The normalized spacial score (nSPS) is 9.76. The predicted octanol–water partition coefficient (Wildman–Crippen LogP) is 1.75. The zero-order chi connectivity index (χ0) is 12.8. The molecule has 1 aromatic carbocycles. The van der Waals surface area contributed by atoms with Crippen molar-refractivity contribution >= 4 is 23.2 Å². The molecule has 1 amide bonds. The highest BCUT2D eigenvalue weighted by Gasteiger charge is 2.11. The fourth-order valence-corrected chi connectivity index (χ4v) is 1.72. The Hall–Kier alpha value is -1.62. The van der Waals surface area contributed by atoms with Crippen molar-refractivity contribution in [2.45, 2.75) is 13.8 Å². The van der Waals surface area contributed by atoms with Crippen molar-refractivity contribution in [1.29, 1.82) is 0 Å². The van der Waals surface area contributed by atoms with E-state index in [-0.39, 0.29) is 11.7 Å². The van der Waals surface area contributed by atoms with E-state index in [1.54, 1.807) is 12.1 Å². The number of amides is 1. The second-order valence-corrected chi connectivity index (χ2v) is 3.87. The maximum atomic E-state index is 11.8. The third-order valence-electron chi connectivity index (χ3n) is 2.40. The molecule has 0 heterocycles. The molecule has 0 aliphatic rings. The van der Waals surface area contributed by atoms with Gasteiger partial charge in [0.2, 0.25) is 0 Å². The van der Waals surface area contributed by atoms with Gasteiger partial charge in [0.05, 0.1) is 0 Å². The summed E-state index contributed by atoms with van der Waals surface area (Å²) in [7, 11) is 0. The summed E-state index contributed by atoms with van der Waals surface area (Å²) < 4.78 is 0. The van der Waals surface area contributed by atoms with Gasteiger partial charge in [-0.05, 0) is 50.3 Å². The van der Waals surface area contributed by atoms with Gasteiger partial charge < -0.3 is 10.0 Å². The molecule has 0 fully saturated rings. The van der Waals surface area contributed by atoms with E-state index >= 15 is 0 Å². The lowest BCUT2D eigenvalue weighted by molar-refractivity contribution is 0.0973. The number of aromatic hydroxyl groups is 1. The molecule has 2 N–H and O–H groups in total. The van der Waals surface area contributed by atoms with E-state index in [1.807, 2.05) is 18.7 Å². The van der Waals surface area contributed by atoms with Gasteiger partial charge in [-0.3, -0.25) is 10.1 Å². The van der Waals surface area contributed by atoms with E-state index in [0.717, 1.165) is 13.1 Å². The second-order valence-electron chi connectivity index (χ2n) is 3.48. The van der Waals surface area contributed by atoms with Gasteiger partial charge in [-0.2, -0.15) is 0 Å². The van der Waals surface area contributed by atoms with Crippen LogP contribution in [0.2, 0.25) is 0 Å². The number of benzene rings is 1. The van der Waals surface area contributed by atoms with Gasteiger partial charge in [-0.1, -0.05) is 0 Å². The highest BCUT2D eigenvalue weighted by Crippen LogP contribution is 2.09. The van der Waals surface area contributed by atoms with Crippen molar-refractivity contribution in [1.82, 2.24) is 10.2 Å². The topological polar surface area (TPSA) is 52.6 Å². The number of carbonyl (C=O) groups excluding carboxylic acids is 1. The molecule has 0 spiro atoms. The third-order valence-corrected chi connectivity index (χ3v) is 2.76. The van der Waals surface area contributed by atoms with Crippen molar-refractivity contribution in [3.63, 3.8) is 0 Å². The minimum Gasteiger partial charge on any atom is -0.508 e. The standard InChI is InChI=1S/C12H16N2O2S/c1-3-14(4-2)12(17)13-11(16)9-5-7-10(15)8-6-9/h5-8,15H,3-4H2,1-2H3,(H,13,16,17). The first-order chi connectivity index (χ1) is 8.08. The van der Waals surface area contributed by atoms with Crippen LogP contribution in [0.5, 0.6) is 5.75 Å². The summed E-state index contributed by atoms with van der Waals surface area (Å²) in [5.41, 5.74) is 0.470. The molecule has 1 rings (SSSR count). The molecule has 0 atom stereocenters. The molecule has 0 aliphatic carbocycles. The van der Waals surface area contributed by atoms with Crippen molar-refractivity contribution in [3.8, 4) is 5.75 Å². The van der Waals surface area contributed by atoms with Crippen LogP contribution in [0, 0.1) is 0 Å². The van der Waals surface area contributed by atoms with E-state index in [2.05, 4.69) is 5.32 Å². The highest BCUT2D eigenvalue weighted by molar-refractivity contribution is 7.80. The lowest BCUT2D eigenvalue weighted by Crippen LogP contribution is -2.42. The fraction of sp³-hybridized carbons (Fsp3) is 0.333. The number of hydrogen-bond donors (Lipinski definition) is 2. The van der Waals surface area contributed by atoms with Gasteiger partial charge in [0.15, 0.2) is 5.11 Å². The number of thiocarbonyl (C=S) groups is 1. The first kappa shape index (κ1) is 13.4. The third kappa shape index (κ3) is 3.71. The van der Waals surface area contributed by atoms with Crippen LogP contribution in [-0.4, -0.2) is 34.1 Å². The molecule has 0 aromatic heterocycles. The quantitative estimate of drug-likeness (QED) is 0.805. The van der Waals surface area contributed by atoms with Crippen LogP contribution in [-0.2, 0) is 0 Å². The van der Waals surface area contributed by atoms with Gasteiger partial charge in [0, 0.05) is 18.7 Å². The zero-order valence-corrected chi connectivity index (χ0v) is 10.8. The molecule has 0 aliphatic heterocycles. The van der Waals surface area contributed by atoms with Gasteiger partial charge in [-0.25, -0.2) is 0 Å². The molecule has 0 saturated carbocycles. The summed E-state index contributed by atoms with van der Waals surface area (Å²) in [5, 5.41) is 12.2. The Morgan fingerprint density at radius 1 is 1.29 bits per heavy atom. The van der Waals surface area contributed by atoms with E-state index < -0.39 is 0 Å². The fourth-order valence-electron chi connectivity index (χ4n) is 1.37. The van der Waals surface area contributed by atoms with E-state index in [1.165, 1.54) is 12.1 Å².